The molecule has 8 nitrogen and oxygen atoms in total. The number of anilines is 1. The monoisotopic (exact) mass is 430 g/mol. The molecule has 2 aromatic heterocycles. The van der Waals surface area contributed by atoms with Crippen LogP contribution in [0.1, 0.15) is 11.8 Å². The number of carbonyl (C=O) groups excluding carboxylic acids is 2. The summed E-state index contributed by atoms with van der Waals surface area (Å²) in [5, 5.41) is 0. The van der Waals surface area contributed by atoms with E-state index in [0.29, 0.717) is 17.2 Å². The summed E-state index contributed by atoms with van der Waals surface area (Å²) >= 11 is 1.05. The number of rotatable bonds is 5. The maximum atomic E-state index is 14.9. The average molecular weight is 430 g/mol. The Morgan fingerprint density at radius 3 is 2.90 bits per heavy atom. The van der Waals surface area contributed by atoms with Gasteiger partial charge in [0.05, 0.1) is 6.54 Å². The Morgan fingerprint density at radius 1 is 1.45 bits per heavy atom. The normalized spacial score (nSPS) is 19.4. The fourth-order valence-electron chi connectivity index (χ4n) is 3.23. The third kappa shape index (κ3) is 3.30. The summed E-state index contributed by atoms with van der Waals surface area (Å²) in [5.74, 6) is -1.44. The molecule has 1 fully saturated rings. The predicted molar refractivity (Wildman–Crippen MR) is 96.7 cm³/mol. The van der Waals surface area contributed by atoms with Crippen molar-refractivity contribution in [2.75, 3.05) is 18.1 Å². The van der Waals surface area contributed by atoms with Gasteiger partial charge >= 0.3 is 6.09 Å². The summed E-state index contributed by atoms with van der Waals surface area (Å²) < 4.78 is 53.3. The Morgan fingerprint density at radius 2 is 2.21 bits per heavy atom. The average Bonchev–Trinajstić information content (AvgIpc) is 3.29. The standard InChI is InChI=1S/C17H17F3N4O4S/c1-7(15(21)25)4-9-11(18)12-13(29-9)16-22-10(5-23(16)2-3-27-12)24-8(14(19)20)6-28-17(24)26/h5,7-8,14H,2-4,6H2,1H3,(H2,21,25)/t7-,8+/m1/s1. The van der Waals surface area contributed by atoms with E-state index < -0.39 is 42.8 Å². The number of halogens is 3. The second-order valence-electron chi connectivity index (χ2n) is 6.82. The molecule has 0 aromatic carbocycles. The molecule has 29 heavy (non-hydrogen) atoms. The molecule has 0 spiro atoms. The van der Waals surface area contributed by atoms with Crippen molar-refractivity contribution < 1.29 is 32.2 Å². The van der Waals surface area contributed by atoms with Crippen LogP contribution in [0.3, 0.4) is 0 Å². The van der Waals surface area contributed by atoms with Crippen LogP contribution in [-0.4, -0.2) is 47.2 Å². The molecule has 0 bridgehead atoms. The maximum absolute atomic E-state index is 14.9. The van der Waals surface area contributed by atoms with Gasteiger partial charge in [0.25, 0.3) is 6.43 Å². The van der Waals surface area contributed by atoms with E-state index in [4.69, 9.17) is 15.2 Å². The van der Waals surface area contributed by atoms with E-state index in [1.54, 1.807) is 11.5 Å². The number of hydrogen-bond donors (Lipinski definition) is 1. The Hall–Kier alpha value is -2.76. The van der Waals surface area contributed by atoms with E-state index in [2.05, 4.69) is 4.98 Å². The fourth-order valence-corrected chi connectivity index (χ4v) is 4.49. The molecule has 0 unspecified atom stereocenters. The SMILES string of the molecule is C[C@H](Cc1sc2c(c1F)OCCn1cc(N3C(=O)OC[C@H]3C(F)F)nc1-2)C(N)=O. The molecule has 4 heterocycles. The number of alkyl halides is 2. The molecular weight excluding hydrogens is 413 g/mol. The molecule has 0 saturated carbocycles. The van der Waals surface area contributed by atoms with Gasteiger partial charge in [-0.2, -0.15) is 0 Å². The summed E-state index contributed by atoms with van der Waals surface area (Å²) in [7, 11) is 0. The first kappa shape index (κ1) is 19.6. The number of nitrogens with two attached hydrogens (primary N) is 1. The lowest BCUT2D eigenvalue weighted by Crippen LogP contribution is -2.38. The molecule has 4 rings (SSSR count). The minimum atomic E-state index is -2.80. The zero-order valence-corrected chi connectivity index (χ0v) is 16.0. The van der Waals surface area contributed by atoms with Crippen molar-refractivity contribution in [1.82, 2.24) is 9.55 Å². The smallest absolute Gasteiger partial charge is 0.416 e. The first-order valence-electron chi connectivity index (χ1n) is 8.82. The Kier molecular flexibility index (Phi) is 4.89. The lowest BCUT2D eigenvalue weighted by Gasteiger charge is -2.17. The van der Waals surface area contributed by atoms with E-state index in [9.17, 15) is 22.8 Å². The Labute approximate surface area is 167 Å². The lowest BCUT2D eigenvalue weighted by atomic mass is 10.1. The molecule has 156 valence electrons. The molecule has 12 heteroatoms. The van der Waals surface area contributed by atoms with Crippen molar-refractivity contribution in [1.29, 1.82) is 0 Å². The summed E-state index contributed by atoms with van der Waals surface area (Å²) in [5.41, 5.74) is 5.27. The third-order valence-electron chi connectivity index (χ3n) is 4.84. The molecule has 2 aromatic rings. The number of thiophene rings is 1. The lowest BCUT2D eigenvalue weighted by molar-refractivity contribution is -0.121. The van der Waals surface area contributed by atoms with E-state index >= 15 is 0 Å². The van der Waals surface area contributed by atoms with Crippen LogP contribution in [0.4, 0.5) is 23.8 Å². The number of ether oxygens (including phenoxy) is 2. The van der Waals surface area contributed by atoms with Gasteiger partial charge in [-0.25, -0.2) is 27.8 Å². The van der Waals surface area contributed by atoms with Crippen LogP contribution in [0.15, 0.2) is 6.20 Å². The van der Waals surface area contributed by atoms with E-state index in [0.717, 1.165) is 16.2 Å². The Balaban J connectivity index is 1.74. The van der Waals surface area contributed by atoms with E-state index in [1.165, 1.54) is 6.20 Å². The molecule has 0 radical (unpaired) electrons. The first-order valence-corrected chi connectivity index (χ1v) is 9.64. The Bertz CT molecular complexity index is 976. The number of fused-ring (bicyclic) bond motifs is 3. The summed E-state index contributed by atoms with van der Waals surface area (Å²) in [6.07, 6.45) is -2.17. The van der Waals surface area contributed by atoms with Gasteiger partial charge in [-0.3, -0.25) is 4.79 Å². The first-order chi connectivity index (χ1) is 13.8. The van der Waals surface area contributed by atoms with Crippen LogP contribution in [0, 0.1) is 11.7 Å². The minimum Gasteiger partial charge on any atom is -0.487 e. The number of aromatic nitrogens is 2. The van der Waals surface area contributed by atoms with Crippen LogP contribution in [0.5, 0.6) is 5.75 Å². The minimum absolute atomic E-state index is 0.00140. The number of primary amides is 1. The van der Waals surface area contributed by atoms with Gasteiger partial charge in [0.1, 0.15) is 24.1 Å². The van der Waals surface area contributed by atoms with Gasteiger partial charge in [0.15, 0.2) is 23.2 Å². The number of carbonyl (C=O) groups is 2. The second-order valence-corrected chi connectivity index (χ2v) is 7.92. The van der Waals surface area contributed by atoms with E-state index in [-0.39, 0.29) is 29.5 Å². The van der Waals surface area contributed by atoms with Crippen molar-refractivity contribution in [3.63, 3.8) is 0 Å². The van der Waals surface area contributed by atoms with Crippen LogP contribution < -0.4 is 15.4 Å². The maximum Gasteiger partial charge on any atom is 0.416 e. The highest BCUT2D eigenvalue weighted by Gasteiger charge is 2.42. The van der Waals surface area contributed by atoms with E-state index in [1.807, 2.05) is 0 Å². The van der Waals surface area contributed by atoms with Crippen LogP contribution in [-0.2, 0) is 22.5 Å². The van der Waals surface area contributed by atoms with Crippen molar-refractivity contribution >= 4 is 29.2 Å². The molecular formula is C17H17F3N4O4S. The molecule has 0 aliphatic carbocycles. The summed E-state index contributed by atoms with van der Waals surface area (Å²) in [6.45, 7) is 1.57. The van der Waals surface area contributed by atoms with Gasteiger partial charge in [-0.05, 0) is 6.42 Å². The zero-order valence-electron chi connectivity index (χ0n) is 15.2. The van der Waals surface area contributed by atoms with Gasteiger partial charge in [-0.15, -0.1) is 11.3 Å². The summed E-state index contributed by atoms with van der Waals surface area (Å²) in [6, 6.07) is -1.44. The molecule has 2 amide bonds. The highest BCUT2D eigenvalue weighted by atomic mass is 32.1. The third-order valence-corrected chi connectivity index (χ3v) is 6.01. The van der Waals surface area contributed by atoms with Crippen molar-refractivity contribution in [2.45, 2.75) is 32.4 Å². The highest BCUT2D eigenvalue weighted by molar-refractivity contribution is 7.15. The zero-order chi connectivity index (χ0) is 20.9. The molecule has 1 saturated heterocycles. The molecule has 2 N–H and O–H groups in total. The second kappa shape index (κ2) is 7.25. The van der Waals surface area contributed by atoms with Crippen molar-refractivity contribution in [3.8, 4) is 16.5 Å². The molecule has 2 aliphatic rings. The largest absolute Gasteiger partial charge is 0.487 e. The van der Waals surface area contributed by atoms with Gasteiger partial charge in [0.2, 0.25) is 5.91 Å². The van der Waals surface area contributed by atoms with Gasteiger partial charge in [0, 0.05) is 17.0 Å². The number of hydrogen-bond acceptors (Lipinski definition) is 6. The number of nitrogens with zero attached hydrogens (tertiary/aromatic N) is 3. The number of cyclic esters (lactones) is 1. The predicted octanol–water partition coefficient (Wildman–Crippen LogP) is 2.40. The van der Waals surface area contributed by atoms with Gasteiger partial charge < -0.3 is 19.8 Å². The number of amides is 2. The topological polar surface area (TPSA) is 99.7 Å². The summed E-state index contributed by atoms with van der Waals surface area (Å²) in [4.78, 5) is 29.0. The molecule has 2 aliphatic heterocycles. The fraction of sp³-hybridized carbons (Fsp3) is 0.471. The van der Waals surface area contributed by atoms with Crippen LogP contribution >= 0.6 is 11.3 Å². The molecule has 2 atom stereocenters. The van der Waals surface area contributed by atoms with Crippen LogP contribution in [0.25, 0.3) is 10.7 Å². The van der Waals surface area contributed by atoms with Gasteiger partial charge in [-0.1, -0.05) is 6.92 Å². The number of imidazole rings is 1. The van der Waals surface area contributed by atoms with Crippen molar-refractivity contribution in [3.05, 3.63) is 16.9 Å². The van der Waals surface area contributed by atoms with Crippen molar-refractivity contribution in [2.24, 2.45) is 11.7 Å². The quantitative estimate of drug-likeness (QED) is 0.785. The van der Waals surface area contributed by atoms with Crippen LogP contribution in [0.2, 0.25) is 0 Å². The highest BCUT2D eigenvalue weighted by Crippen LogP contribution is 2.44.